The van der Waals surface area contributed by atoms with Gasteiger partial charge in [0.15, 0.2) is 5.11 Å². The summed E-state index contributed by atoms with van der Waals surface area (Å²) in [4.78, 5) is 14.0. The fraction of sp³-hybridized carbons (Fsp3) is 0.375. The van der Waals surface area contributed by atoms with Crippen molar-refractivity contribution in [3.05, 3.63) is 41.1 Å². The van der Waals surface area contributed by atoms with E-state index in [2.05, 4.69) is 10.1 Å². The number of nitrogens with zero attached hydrogens (tertiary/aromatic N) is 1. The number of nitrogens with one attached hydrogen (secondary N) is 1. The van der Waals surface area contributed by atoms with Gasteiger partial charge < -0.3 is 19.7 Å². The van der Waals surface area contributed by atoms with E-state index in [1.165, 1.54) is 13.2 Å². The van der Waals surface area contributed by atoms with Crippen LogP contribution in [0.25, 0.3) is 0 Å². The number of carbonyl (C=O) groups is 1. The van der Waals surface area contributed by atoms with Crippen LogP contribution in [0, 0.1) is 0 Å². The minimum Gasteiger partial charge on any atom is -0.466 e. The summed E-state index contributed by atoms with van der Waals surface area (Å²) in [5.74, 6) is -0.579. The van der Waals surface area contributed by atoms with Gasteiger partial charge in [0.25, 0.3) is 0 Å². The second-order valence-corrected chi connectivity index (χ2v) is 5.42. The Labute approximate surface area is 144 Å². The first-order valence-corrected chi connectivity index (χ1v) is 7.72. The summed E-state index contributed by atoms with van der Waals surface area (Å²) in [5.41, 5.74) is 1.30. The van der Waals surface area contributed by atoms with Crippen LogP contribution in [0.3, 0.4) is 0 Å². The third kappa shape index (κ3) is 3.48. The van der Waals surface area contributed by atoms with Gasteiger partial charge in [0.2, 0.25) is 0 Å². The standard InChI is InChI=1S/C16H18F2N2O3S/c1-4-20-9(2)12(14(21)22-3)13(19-16(20)24)10-7-5-6-8-11(10)23-15(17)18/h5-8,13,15H,4H2,1-3H3,(H,19,24)/t13-/m1/s1. The quantitative estimate of drug-likeness (QED) is 0.647. The summed E-state index contributed by atoms with van der Waals surface area (Å²) in [5, 5.41) is 3.42. The van der Waals surface area contributed by atoms with Crippen molar-refractivity contribution in [2.45, 2.75) is 26.5 Å². The SMILES string of the molecule is CCN1C(=S)N[C@H](c2ccccc2OC(F)F)C(C(=O)OC)=C1C. The number of carbonyl (C=O) groups excluding carboxylic acids is 1. The van der Waals surface area contributed by atoms with Crippen molar-refractivity contribution >= 4 is 23.3 Å². The zero-order chi connectivity index (χ0) is 17.9. The van der Waals surface area contributed by atoms with Crippen LogP contribution in [0.2, 0.25) is 0 Å². The second-order valence-electron chi connectivity index (χ2n) is 5.03. The van der Waals surface area contributed by atoms with Gasteiger partial charge in [-0.2, -0.15) is 8.78 Å². The van der Waals surface area contributed by atoms with E-state index in [0.717, 1.165) is 0 Å². The number of ether oxygens (including phenoxy) is 2. The molecule has 0 aliphatic carbocycles. The number of allylic oxidation sites excluding steroid dienone is 1. The molecule has 1 aromatic rings. The van der Waals surface area contributed by atoms with Gasteiger partial charge in [-0.05, 0) is 32.1 Å². The van der Waals surface area contributed by atoms with Gasteiger partial charge in [-0.25, -0.2) is 4.79 Å². The molecule has 0 bridgehead atoms. The van der Waals surface area contributed by atoms with Gasteiger partial charge in [-0.1, -0.05) is 18.2 Å². The van der Waals surface area contributed by atoms with Crippen LogP contribution >= 0.6 is 12.2 Å². The van der Waals surface area contributed by atoms with Crippen LogP contribution in [-0.4, -0.2) is 36.2 Å². The second kappa shape index (κ2) is 7.57. The van der Waals surface area contributed by atoms with E-state index in [4.69, 9.17) is 17.0 Å². The molecule has 8 heteroatoms. The number of hydrogen-bond donors (Lipinski definition) is 1. The highest BCUT2D eigenvalue weighted by Gasteiger charge is 2.35. The summed E-state index contributed by atoms with van der Waals surface area (Å²) in [6.07, 6.45) is 0. The minimum atomic E-state index is -2.97. The van der Waals surface area contributed by atoms with Crippen molar-refractivity contribution < 1.29 is 23.0 Å². The van der Waals surface area contributed by atoms with Crippen LogP contribution in [0.4, 0.5) is 8.78 Å². The number of rotatable bonds is 5. The van der Waals surface area contributed by atoms with Crippen molar-refractivity contribution in [3.8, 4) is 5.75 Å². The monoisotopic (exact) mass is 356 g/mol. The first-order chi connectivity index (χ1) is 11.4. The van der Waals surface area contributed by atoms with Crippen LogP contribution in [0.5, 0.6) is 5.75 Å². The lowest BCUT2D eigenvalue weighted by Gasteiger charge is -2.37. The predicted octanol–water partition coefficient (Wildman–Crippen LogP) is 2.99. The van der Waals surface area contributed by atoms with Gasteiger partial charge in [0.1, 0.15) is 5.75 Å². The summed E-state index contributed by atoms with van der Waals surface area (Å²) < 4.78 is 34.8. The van der Waals surface area contributed by atoms with Crippen LogP contribution in [0.1, 0.15) is 25.5 Å². The summed E-state index contributed by atoms with van der Waals surface area (Å²) >= 11 is 5.33. The predicted molar refractivity (Wildman–Crippen MR) is 88.6 cm³/mol. The Morgan fingerprint density at radius 2 is 2.08 bits per heavy atom. The number of alkyl halides is 2. The van der Waals surface area contributed by atoms with E-state index >= 15 is 0 Å². The molecule has 1 aliphatic rings. The number of benzene rings is 1. The molecule has 24 heavy (non-hydrogen) atoms. The zero-order valence-electron chi connectivity index (χ0n) is 13.5. The molecular weight excluding hydrogens is 338 g/mol. The fourth-order valence-electron chi connectivity index (χ4n) is 2.69. The molecule has 1 atom stereocenters. The van der Waals surface area contributed by atoms with E-state index < -0.39 is 18.6 Å². The van der Waals surface area contributed by atoms with Crippen molar-refractivity contribution in [2.75, 3.05) is 13.7 Å². The minimum absolute atomic E-state index is 0.0213. The maximum absolute atomic E-state index is 12.7. The fourth-order valence-corrected chi connectivity index (χ4v) is 3.08. The van der Waals surface area contributed by atoms with Crippen molar-refractivity contribution in [2.24, 2.45) is 0 Å². The largest absolute Gasteiger partial charge is 0.466 e. The molecule has 1 heterocycles. The highest BCUT2D eigenvalue weighted by molar-refractivity contribution is 7.80. The molecule has 0 spiro atoms. The lowest BCUT2D eigenvalue weighted by molar-refractivity contribution is -0.136. The average Bonchev–Trinajstić information content (AvgIpc) is 2.54. The lowest BCUT2D eigenvalue weighted by atomic mass is 9.94. The van der Waals surface area contributed by atoms with Crippen LogP contribution in [-0.2, 0) is 9.53 Å². The number of methoxy groups -OCH3 is 1. The summed E-state index contributed by atoms with van der Waals surface area (Å²) in [7, 11) is 1.27. The Balaban J connectivity index is 2.58. The Bertz CT molecular complexity index is 679. The topological polar surface area (TPSA) is 50.8 Å². The number of thiocarbonyl (C=S) groups is 1. The molecular formula is C16H18F2N2O3S. The maximum Gasteiger partial charge on any atom is 0.387 e. The Morgan fingerprint density at radius 1 is 1.42 bits per heavy atom. The van der Waals surface area contributed by atoms with Gasteiger partial charge in [0, 0.05) is 17.8 Å². The Morgan fingerprint density at radius 3 is 2.67 bits per heavy atom. The van der Waals surface area contributed by atoms with Gasteiger partial charge in [0.05, 0.1) is 18.7 Å². The highest BCUT2D eigenvalue weighted by Crippen LogP contribution is 2.36. The van der Waals surface area contributed by atoms with E-state index in [9.17, 15) is 13.6 Å². The van der Waals surface area contributed by atoms with E-state index in [1.807, 2.05) is 6.92 Å². The lowest BCUT2D eigenvalue weighted by Crippen LogP contribution is -2.47. The molecule has 0 aromatic heterocycles. The number of esters is 1. The first kappa shape index (κ1) is 18.1. The van der Waals surface area contributed by atoms with E-state index in [0.29, 0.717) is 28.5 Å². The number of para-hydroxylation sites is 1. The summed E-state index contributed by atoms with van der Waals surface area (Å²) in [6, 6.07) is 5.55. The van der Waals surface area contributed by atoms with Crippen molar-refractivity contribution in [3.63, 3.8) is 0 Å². The molecule has 2 rings (SSSR count). The molecule has 0 amide bonds. The molecule has 1 N–H and O–H groups in total. The molecule has 1 aliphatic heterocycles. The molecule has 0 unspecified atom stereocenters. The normalized spacial score (nSPS) is 17.8. The molecule has 130 valence electrons. The molecule has 5 nitrogen and oxygen atoms in total. The van der Waals surface area contributed by atoms with E-state index in [1.54, 1.807) is 30.0 Å². The van der Waals surface area contributed by atoms with Crippen molar-refractivity contribution in [1.29, 1.82) is 0 Å². The molecule has 0 saturated carbocycles. The third-order valence-electron chi connectivity index (χ3n) is 3.76. The van der Waals surface area contributed by atoms with Crippen LogP contribution in [0.15, 0.2) is 35.5 Å². The Hall–Kier alpha value is -2.22. The maximum atomic E-state index is 12.7. The van der Waals surface area contributed by atoms with Gasteiger partial charge in [-0.15, -0.1) is 0 Å². The summed E-state index contributed by atoms with van der Waals surface area (Å²) in [6.45, 7) is 1.22. The van der Waals surface area contributed by atoms with Gasteiger partial charge in [-0.3, -0.25) is 0 Å². The van der Waals surface area contributed by atoms with Gasteiger partial charge >= 0.3 is 12.6 Å². The average molecular weight is 356 g/mol. The van der Waals surface area contributed by atoms with E-state index in [-0.39, 0.29) is 5.75 Å². The third-order valence-corrected chi connectivity index (χ3v) is 4.10. The highest BCUT2D eigenvalue weighted by atomic mass is 32.1. The zero-order valence-corrected chi connectivity index (χ0v) is 14.3. The van der Waals surface area contributed by atoms with Crippen LogP contribution < -0.4 is 10.1 Å². The molecule has 0 radical (unpaired) electrons. The number of halogens is 2. The Kier molecular flexibility index (Phi) is 5.71. The molecule has 0 fully saturated rings. The molecule has 1 aromatic carbocycles. The van der Waals surface area contributed by atoms with Crippen molar-refractivity contribution in [1.82, 2.24) is 10.2 Å². The molecule has 0 saturated heterocycles. The first-order valence-electron chi connectivity index (χ1n) is 7.31. The smallest absolute Gasteiger partial charge is 0.387 e. The number of hydrogen-bond acceptors (Lipinski definition) is 4.